The number of cyclic esters (lactones) is 1. The van der Waals surface area contributed by atoms with E-state index in [1.165, 1.54) is 6.42 Å². The quantitative estimate of drug-likeness (QED) is 0.623. The van der Waals surface area contributed by atoms with Gasteiger partial charge < -0.3 is 15.4 Å². The maximum atomic E-state index is 10.9. The van der Waals surface area contributed by atoms with Crippen molar-refractivity contribution in [1.29, 1.82) is 0 Å². The first kappa shape index (κ1) is 8.81. The van der Waals surface area contributed by atoms with E-state index in [-0.39, 0.29) is 11.7 Å². The normalized spacial score (nSPS) is 39.8. The maximum absolute atomic E-state index is 10.9. The molecule has 2 aliphatic rings. The lowest BCUT2D eigenvalue weighted by molar-refractivity contribution is 0.0123. The van der Waals surface area contributed by atoms with E-state index in [1.807, 2.05) is 6.92 Å². The van der Waals surface area contributed by atoms with Crippen molar-refractivity contribution in [3.63, 3.8) is 0 Å². The Morgan fingerprint density at radius 3 is 3.00 bits per heavy atom. The van der Waals surface area contributed by atoms with Crippen LogP contribution in [0.3, 0.4) is 0 Å². The number of carbonyl (C=O) groups is 1. The van der Waals surface area contributed by atoms with Crippen molar-refractivity contribution < 1.29 is 9.53 Å². The third-order valence-corrected chi connectivity index (χ3v) is 3.07. The molecule has 0 aromatic carbocycles. The van der Waals surface area contributed by atoms with Crippen molar-refractivity contribution in [2.75, 3.05) is 19.6 Å². The first-order valence-corrected chi connectivity index (χ1v) is 4.88. The van der Waals surface area contributed by atoms with E-state index in [1.54, 1.807) is 0 Å². The molecule has 0 spiro atoms. The number of amides is 1. The second-order valence-electron chi connectivity index (χ2n) is 4.10. The van der Waals surface area contributed by atoms with Crippen LogP contribution in [0.2, 0.25) is 0 Å². The lowest BCUT2D eigenvalue weighted by Crippen LogP contribution is -2.46. The van der Waals surface area contributed by atoms with Crippen molar-refractivity contribution in [2.45, 2.75) is 25.4 Å². The molecule has 0 aromatic rings. The van der Waals surface area contributed by atoms with Crippen LogP contribution >= 0.6 is 0 Å². The highest BCUT2D eigenvalue weighted by Crippen LogP contribution is 2.29. The summed E-state index contributed by atoms with van der Waals surface area (Å²) in [5.74, 6) is 0.459. The number of alkyl carbamates (subject to hydrolysis) is 1. The summed E-state index contributed by atoms with van der Waals surface area (Å²) in [6.07, 6.45) is 2.06. The van der Waals surface area contributed by atoms with Gasteiger partial charge in [0, 0.05) is 12.5 Å². The molecule has 2 heterocycles. The Morgan fingerprint density at radius 2 is 2.46 bits per heavy atom. The fraction of sp³-hybridized carbons (Fsp3) is 0.889. The minimum absolute atomic E-state index is 0.270. The molecule has 0 radical (unpaired) electrons. The van der Waals surface area contributed by atoms with E-state index in [9.17, 15) is 4.79 Å². The Labute approximate surface area is 78.0 Å². The van der Waals surface area contributed by atoms with Gasteiger partial charge in [-0.3, -0.25) is 0 Å². The van der Waals surface area contributed by atoms with Gasteiger partial charge in [0.05, 0.1) is 6.54 Å². The van der Waals surface area contributed by atoms with Gasteiger partial charge in [-0.05, 0) is 26.3 Å². The second kappa shape index (κ2) is 3.18. The van der Waals surface area contributed by atoms with Crippen molar-refractivity contribution in [2.24, 2.45) is 5.92 Å². The van der Waals surface area contributed by atoms with Gasteiger partial charge >= 0.3 is 6.09 Å². The molecular formula is C9H16N2O2. The third kappa shape index (κ3) is 1.63. The predicted octanol–water partition coefficient (Wildman–Crippen LogP) is 0.485. The van der Waals surface area contributed by atoms with Crippen LogP contribution in [0.4, 0.5) is 4.79 Å². The van der Waals surface area contributed by atoms with Crippen LogP contribution in [0.5, 0.6) is 0 Å². The number of ether oxygens (including phenoxy) is 1. The fourth-order valence-corrected chi connectivity index (χ4v) is 2.13. The number of hydrogen-bond donors (Lipinski definition) is 2. The van der Waals surface area contributed by atoms with E-state index in [4.69, 9.17) is 4.74 Å². The molecular weight excluding hydrogens is 168 g/mol. The molecule has 1 amide bonds. The molecule has 2 fully saturated rings. The standard InChI is InChI=1S/C9H16N2O2/c1-9(6-11-8(12)13-9)7-3-2-4-10-5-7/h7,10H,2-6H2,1H3,(H,11,12). The van der Waals surface area contributed by atoms with Crippen molar-refractivity contribution in [3.8, 4) is 0 Å². The lowest BCUT2D eigenvalue weighted by atomic mass is 9.84. The number of carbonyl (C=O) groups excluding carboxylic acids is 1. The second-order valence-corrected chi connectivity index (χ2v) is 4.10. The molecule has 74 valence electrons. The van der Waals surface area contributed by atoms with Crippen LogP contribution < -0.4 is 10.6 Å². The van der Waals surface area contributed by atoms with Crippen molar-refractivity contribution in [3.05, 3.63) is 0 Å². The Bertz CT molecular complexity index is 214. The van der Waals surface area contributed by atoms with Crippen LogP contribution in [-0.2, 0) is 4.74 Å². The Morgan fingerprint density at radius 1 is 1.62 bits per heavy atom. The van der Waals surface area contributed by atoms with Crippen molar-refractivity contribution >= 4 is 6.09 Å². The zero-order chi connectivity index (χ0) is 9.31. The van der Waals surface area contributed by atoms with Gasteiger partial charge in [-0.15, -0.1) is 0 Å². The van der Waals surface area contributed by atoms with Gasteiger partial charge in [-0.1, -0.05) is 0 Å². The van der Waals surface area contributed by atoms with E-state index < -0.39 is 0 Å². The Kier molecular flexibility index (Phi) is 2.15. The zero-order valence-corrected chi connectivity index (χ0v) is 7.93. The summed E-state index contributed by atoms with van der Waals surface area (Å²) in [5, 5.41) is 6.05. The summed E-state index contributed by atoms with van der Waals surface area (Å²) in [5.41, 5.74) is -0.287. The molecule has 2 unspecified atom stereocenters. The molecule has 2 N–H and O–H groups in total. The van der Waals surface area contributed by atoms with Crippen LogP contribution in [0.25, 0.3) is 0 Å². The largest absolute Gasteiger partial charge is 0.441 e. The van der Waals surface area contributed by atoms with Gasteiger partial charge in [-0.25, -0.2) is 4.79 Å². The first-order chi connectivity index (χ1) is 6.21. The van der Waals surface area contributed by atoms with E-state index in [2.05, 4.69) is 10.6 Å². The Hall–Kier alpha value is -0.770. The summed E-state index contributed by atoms with van der Waals surface area (Å²) in [4.78, 5) is 10.9. The molecule has 13 heavy (non-hydrogen) atoms. The average molecular weight is 184 g/mol. The van der Waals surface area contributed by atoms with Gasteiger partial charge in [0.2, 0.25) is 0 Å². The smallest absolute Gasteiger partial charge is 0.407 e. The summed E-state index contributed by atoms with van der Waals surface area (Å²) >= 11 is 0. The maximum Gasteiger partial charge on any atom is 0.407 e. The molecule has 0 aromatic heterocycles. The molecule has 0 bridgehead atoms. The minimum atomic E-state index is -0.287. The Balaban J connectivity index is 2.01. The molecule has 2 atom stereocenters. The molecule has 2 rings (SSSR count). The molecule has 4 heteroatoms. The number of nitrogens with one attached hydrogen (secondary N) is 2. The molecule has 0 aliphatic carbocycles. The third-order valence-electron chi connectivity index (χ3n) is 3.07. The molecule has 2 saturated heterocycles. The molecule has 0 saturated carbocycles. The molecule has 2 aliphatic heterocycles. The SMILES string of the molecule is CC1(C2CCCNC2)CNC(=O)O1. The summed E-state index contributed by atoms with van der Waals surface area (Å²) < 4.78 is 5.30. The van der Waals surface area contributed by atoms with Gasteiger partial charge in [-0.2, -0.15) is 0 Å². The lowest BCUT2D eigenvalue weighted by Gasteiger charge is -2.34. The number of rotatable bonds is 1. The predicted molar refractivity (Wildman–Crippen MR) is 48.5 cm³/mol. The summed E-state index contributed by atoms with van der Waals surface area (Å²) in [6.45, 7) is 4.72. The van der Waals surface area contributed by atoms with Crippen LogP contribution in [0.15, 0.2) is 0 Å². The first-order valence-electron chi connectivity index (χ1n) is 4.88. The highest BCUT2D eigenvalue weighted by molar-refractivity contribution is 5.70. The van der Waals surface area contributed by atoms with Crippen molar-refractivity contribution in [1.82, 2.24) is 10.6 Å². The van der Waals surface area contributed by atoms with Crippen LogP contribution in [0.1, 0.15) is 19.8 Å². The highest BCUT2D eigenvalue weighted by atomic mass is 16.6. The summed E-state index contributed by atoms with van der Waals surface area (Å²) in [6, 6.07) is 0. The zero-order valence-electron chi connectivity index (χ0n) is 7.93. The van der Waals surface area contributed by atoms with E-state index >= 15 is 0 Å². The van der Waals surface area contributed by atoms with E-state index in [0.717, 1.165) is 19.5 Å². The minimum Gasteiger partial charge on any atom is -0.441 e. The fourth-order valence-electron chi connectivity index (χ4n) is 2.13. The number of piperidine rings is 1. The highest BCUT2D eigenvalue weighted by Gasteiger charge is 2.42. The molecule has 4 nitrogen and oxygen atoms in total. The van der Waals surface area contributed by atoms with E-state index in [0.29, 0.717) is 12.5 Å². The summed E-state index contributed by atoms with van der Waals surface area (Å²) in [7, 11) is 0. The van der Waals surface area contributed by atoms with Crippen LogP contribution in [-0.4, -0.2) is 31.3 Å². The number of hydrogen-bond acceptors (Lipinski definition) is 3. The topological polar surface area (TPSA) is 50.4 Å². The van der Waals surface area contributed by atoms with Crippen LogP contribution in [0, 0.1) is 5.92 Å². The monoisotopic (exact) mass is 184 g/mol. The van der Waals surface area contributed by atoms with Gasteiger partial charge in [0.1, 0.15) is 5.60 Å². The average Bonchev–Trinajstić information content (AvgIpc) is 2.49. The van der Waals surface area contributed by atoms with Gasteiger partial charge in [0.25, 0.3) is 0 Å². The van der Waals surface area contributed by atoms with Gasteiger partial charge in [0.15, 0.2) is 0 Å².